The molecule has 0 bridgehead atoms. The first kappa shape index (κ1) is 30.4. The molecule has 3 aromatic heterocycles. The van der Waals surface area contributed by atoms with Crippen molar-refractivity contribution in [1.29, 1.82) is 0 Å². The van der Waals surface area contributed by atoms with Gasteiger partial charge in [0.15, 0.2) is 11.6 Å². The van der Waals surface area contributed by atoms with E-state index < -0.39 is 0 Å². The number of furan rings is 1. The Kier molecular flexibility index (Phi) is 7.43. The number of thiophene rings is 1. The zero-order valence-corrected chi connectivity index (χ0v) is 28.9. The summed E-state index contributed by atoms with van der Waals surface area (Å²) in [7, 11) is 0. The number of aromatic nitrogens is 3. The monoisotopic (exact) mass is 685 g/mol. The van der Waals surface area contributed by atoms with E-state index in [-0.39, 0.29) is 11.8 Å². The van der Waals surface area contributed by atoms with Crippen LogP contribution in [0.2, 0.25) is 0 Å². The highest BCUT2D eigenvalue weighted by molar-refractivity contribution is 7.26. The number of benzene rings is 7. The van der Waals surface area contributed by atoms with E-state index in [2.05, 4.69) is 146 Å². The van der Waals surface area contributed by atoms with Gasteiger partial charge in [0, 0.05) is 43.3 Å². The lowest BCUT2D eigenvalue weighted by Gasteiger charge is -2.28. The molecule has 0 spiro atoms. The van der Waals surface area contributed by atoms with Gasteiger partial charge in [-0.05, 0) is 34.9 Å². The molecule has 0 saturated carbocycles. The fraction of sp³-hybridized carbons (Fsp3) is 0.0426. The maximum atomic E-state index is 6.62. The van der Waals surface area contributed by atoms with Gasteiger partial charge < -0.3 is 4.42 Å². The quantitative estimate of drug-likeness (QED) is 0.168. The molecule has 5 heteroatoms. The van der Waals surface area contributed by atoms with Crippen molar-refractivity contribution in [2.24, 2.45) is 0 Å². The molecule has 0 radical (unpaired) electrons. The SMILES string of the molecule is c1ccc(-c2nc(-c3cc4c5ccccc5oc4c4c3sc3ccccc34)nc(C(c3ccccc3)C(c3ccccc3)c3ccccc3)n2)cc1. The molecule has 10 aromatic rings. The van der Waals surface area contributed by atoms with Crippen LogP contribution in [0.15, 0.2) is 180 Å². The highest BCUT2D eigenvalue weighted by Crippen LogP contribution is 2.47. The van der Waals surface area contributed by atoms with Crippen LogP contribution in [0, 0.1) is 0 Å². The van der Waals surface area contributed by atoms with E-state index >= 15 is 0 Å². The smallest absolute Gasteiger partial charge is 0.165 e. The Morgan fingerprint density at radius 3 is 1.67 bits per heavy atom. The van der Waals surface area contributed by atoms with Crippen molar-refractivity contribution in [3.05, 3.63) is 198 Å². The van der Waals surface area contributed by atoms with E-state index in [1.807, 2.05) is 30.3 Å². The van der Waals surface area contributed by atoms with Crippen LogP contribution in [0.1, 0.15) is 34.4 Å². The average molecular weight is 686 g/mol. The lowest BCUT2D eigenvalue weighted by atomic mass is 9.76. The highest BCUT2D eigenvalue weighted by Gasteiger charge is 2.32. The zero-order chi connectivity index (χ0) is 34.4. The molecule has 1 unspecified atom stereocenters. The number of hydrogen-bond donors (Lipinski definition) is 0. The normalized spacial score (nSPS) is 12.3. The molecule has 3 heterocycles. The van der Waals surface area contributed by atoms with E-state index in [4.69, 9.17) is 19.4 Å². The minimum Gasteiger partial charge on any atom is -0.455 e. The van der Waals surface area contributed by atoms with Crippen LogP contribution in [-0.2, 0) is 0 Å². The Morgan fingerprint density at radius 2 is 1.00 bits per heavy atom. The molecule has 0 aliphatic heterocycles. The Hall–Kier alpha value is -6.43. The molecule has 0 aliphatic carbocycles. The van der Waals surface area contributed by atoms with Crippen molar-refractivity contribution in [1.82, 2.24) is 15.0 Å². The molecule has 10 rings (SSSR count). The van der Waals surface area contributed by atoms with Gasteiger partial charge in [-0.1, -0.05) is 158 Å². The molecule has 0 amide bonds. The Bertz CT molecular complexity index is 2810. The number of para-hydroxylation sites is 1. The van der Waals surface area contributed by atoms with Crippen molar-refractivity contribution in [3.63, 3.8) is 0 Å². The highest BCUT2D eigenvalue weighted by atomic mass is 32.1. The van der Waals surface area contributed by atoms with Crippen molar-refractivity contribution >= 4 is 53.4 Å². The van der Waals surface area contributed by atoms with Crippen LogP contribution in [0.3, 0.4) is 0 Å². The van der Waals surface area contributed by atoms with Gasteiger partial charge in [-0.15, -0.1) is 11.3 Å². The topological polar surface area (TPSA) is 51.8 Å². The molecular weight excluding hydrogens is 655 g/mol. The molecule has 0 N–H and O–H groups in total. The van der Waals surface area contributed by atoms with Gasteiger partial charge in [-0.3, -0.25) is 0 Å². The summed E-state index contributed by atoms with van der Waals surface area (Å²) in [5, 5.41) is 4.39. The third-order valence-electron chi connectivity index (χ3n) is 10.0. The van der Waals surface area contributed by atoms with Gasteiger partial charge >= 0.3 is 0 Å². The fourth-order valence-corrected chi connectivity index (χ4v) is 8.86. The second-order valence-electron chi connectivity index (χ2n) is 13.1. The summed E-state index contributed by atoms with van der Waals surface area (Å²) in [5.41, 5.74) is 7.21. The van der Waals surface area contributed by atoms with Crippen LogP contribution in [0.5, 0.6) is 0 Å². The predicted molar refractivity (Wildman–Crippen MR) is 214 cm³/mol. The minimum atomic E-state index is -0.216. The maximum Gasteiger partial charge on any atom is 0.165 e. The summed E-state index contributed by atoms with van der Waals surface area (Å²) in [6.45, 7) is 0. The van der Waals surface area contributed by atoms with Crippen LogP contribution < -0.4 is 0 Å². The molecule has 4 nitrogen and oxygen atoms in total. The van der Waals surface area contributed by atoms with E-state index in [1.54, 1.807) is 11.3 Å². The lowest BCUT2D eigenvalue weighted by Crippen LogP contribution is -2.18. The summed E-state index contributed by atoms with van der Waals surface area (Å²) in [5.74, 6) is 1.74. The second kappa shape index (κ2) is 12.7. The third kappa shape index (κ3) is 5.17. The van der Waals surface area contributed by atoms with E-state index in [0.717, 1.165) is 54.5 Å². The lowest BCUT2D eigenvalue weighted by molar-refractivity contribution is 0.649. The van der Waals surface area contributed by atoms with Crippen molar-refractivity contribution in [2.45, 2.75) is 11.8 Å². The minimum absolute atomic E-state index is 0.0617. The first-order valence-electron chi connectivity index (χ1n) is 17.5. The molecule has 7 aromatic carbocycles. The standard InChI is InChI=1S/C47H31N3OS/c1-5-17-30(18-6-1)40(31-19-7-2-8-20-31)41(32-21-9-3-10-22-32)47-49-45(33-23-11-4-12-24-33)48-46(50-47)37-29-36-34-25-13-15-27-38(34)51-43(36)42-35-26-14-16-28-39(35)52-44(37)42/h1-29,40-41H. The molecule has 52 heavy (non-hydrogen) atoms. The van der Waals surface area contributed by atoms with E-state index in [1.165, 1.54) is 21.2 Å². The third-order valence-corrected chi connectivity index (χ3v) is 11.2. The number of nitrogens with zero attached hydrogens (tertiary/aromatic N) is 3. The first-order valence-corrected chi connectivity index (χ1v) is 18.3. The van der Waals surface area contributed by atoms with Crippen molar-refractivity contribution < 1.29 is 4.42 Å². The summed E-state index contributed by atoms with van der Waals surface area (Å²) in [6.07, 6.45) is 0. The number of fused-ring (bicyclic) bond motifs is 7. The van der Waals surface area contributed by atoms with Gasteiger partial charge in [-0.2, -0.15) is 0 Å². The Labute approximate surface area is 304 Å². The summed E-state index contributed by atoms with van der Waals surface area (Å²) in [4.78, 5) is 16.2. The fourth-order valence-electron chi connectivity index (χ4n) is 7.65. The van der Waals surface area contributed by atoms with Gasteiger partial charge in [0.2, 0.25) is 0 Å². The molecular formula is C47H31N3OS. The van der Waals surface area contributed by atoms with Gasteiger partial charge in [0.1, 0.15) is 17.0 Å². The Morgan fingerprint density at radius 1 is 0.462 bits per heavy atom. The van der Waals surface area contributed by atoms with E-state index in [0.29, 0.717) is 11.6 Å². The summed E-state index contributed by atoms with van der Waals surface area (Å²) >= 11 is 1.76. The largest absolute Gasteiger partial charge is 0.455 e. The van der Waals surface area contributed by atoms with Gasteiger partial charge in [0.25, 0.3) is 0 Å². The van der Waals surface area contributed by atoms with Gasteiger partial charge in [-0.25, -0.2) is 15.0 Å². The molecule has 0 fully saturated rings. The second-order valence-corrected chi connectivity index (χ2v) is 14.1. The zero-order valence-electron chi connectivity index (χ0n) is 28.1. The van der Waals surface area contributed by atoms with Crippen LogP contribution in [0.25, 0.3) is 64.9 Å². The van der Waals surface area contributed by atoms with Gasteiger partial charge in [0.05, 0.1) is 10.6 Å². The molecule has 246 valence electrons. The van der Waals surface area contributed by atoms with Crippen LogP contribution in [-0.4, -0.2) is 15.0 Å². The van der Waals surface area contributed by atoms with Crippen molar-refractivity contribution in [3.8, 4) is 22.8 Å². The van der Waals surface area contributed by atoms with Crippen LogP contribution in [0.4, 0.5) is 0 Å². The maximum absolute atomic E-state index is 6.62. The van der Waals surface area contributed by atoms with Crippen LogP contribution >= 0.6 is 11.3 Å². The summed E-state index contributed by atoms with van der Waals surface area (Å²) in [6, 6.07) is 61.5. The first-order chi connectivity index (χ1) is 25.8. The van der Waals surface area contributed by atoms with Crippen molar-refractivity contribution in [2.75, 3.05) is 0 Å². The molecule has 0 saturated heterocycles. The average Bonchev–Trinajstić information content (AvgIpc) is 3.79. The summed E-state index contributed by atoms with van der Waals surface area (Å²) < 4.78 is 8.91. The molecule has 1 atom stereocenters. The Balaban J connectivity index is 1.31. The number of hydrogen-bond acceptors (Lipinski definition) is 5. The number of rotatable bonds is 7. The predicted octanol–water partition coefficient (Wildman–Crippen LogP) is 12.4. The molecule has 0 aliphatic rings. The van der Waals surface area contributed by atoms with E-state index in [9.17, 15) is 0 Å².